The topological polar surface area (TPSA) is 69.4 Å². The number of ether oxygens (including phenoxy) is 1. The Kier molecular flexibility index (Phi) is 5.01. The van der Waals surface area contributed by atoms with Crippen molar-refractivity contribution in [1.29, 1.82) is 0 Å². The number of hydrogen-bond acceptors (Lipinski definition) is 4. The molecule has 1 heterocycles. The highest BCUT2D eigenvalue weighted by Gasteiger charge is 2.20. The maximum atomic E-state index is 14.0. The van der Waals surface area contributed by atoms with Crippen molar-refractivity contribution >= 4 is 49.5 Å². The van der Waals surface area contributed by atoms with Crippen LogP contribution >= 0.6 is 27.3 Å². The molecule has 0 aliphatic carbocycles. The van der Waals surface area contributed by atoms with E-state index in [1.165, 1.54) is 12.1 Å². The second-order valence-corrected chi connectivity index (χ2v) is 7.12. The second-order valence-electron chi connectivity index (χ2n) is 5.22. The maximum absolute atomic E-state index is 14.0. The van der Waals surface area contributed by atoms with Gasteiger partial charge in [0.2, 0.25) is 5.91 Å². The number of amides is 1. The number of benzene rings is 2. The lowest BCUT2D eigenvalue weighted by Crippen LogP contribution is -2.12. The molecular weight excluding hydrogens is 435 g/mol. The minimum Gasteiger partial charge on any atom is -0.483 e. The number of rotatable bonds is 5. The summed E-state index contributed by atoms with van der Waals surface area (Å²) < 4.78 is 48.0. The molecule has 0 spiro atoms. The summed E-state index contributed by atoms with van der Waals surface area (Å²) >= 11 is 4.19. The molecule has 0 saturated carbocycles. The summed E-state index contributed by atoms with van der Waals surface area (Å²) in [5, 5.41) is 0.395. The molecule has 9 heteroatoms. The zero-order valence-electron chi connectivity index (χ0n) is 12.8. The molecule has 1 aromatic heterocycles. The summed E-state index contributed by atoms with van der Waals surface area (Å²) in [6.45, 7) is -0.375. The van der Waals surface area contributed by atoms with Crippen molar-refractivity contribution in [2.45, 2.75) is 6.61 Å². The molecule has 26 heavy (non-hydrogen) atoms. The van der Waals surface area contributed by atoms with Gasteiger partial charge in [-0.2, -0.15) is 0 Å². The van der Waals surface area contributed by atoms with Crippen molar-refractivity contribution in [2.75, 3.05) is 0 Å². The van der Waals surface area contributed by atoms with Gasteiger partial charge in [-0.1, -0.05) is 15.9 Å². The van der Waals surface area contributed by atoms with Gasteiger partial charge in [0.1, 0.15) is 12.4 Å². The Balaban J connectivity index is 2.02. The van der Waals surface area contributed by atoms with E-state index in [0.717, 1.165) is 23.5 Å². The van der Waals surface area contributed by atoms with Crippen molar-refractivity contribution in [2.24, 2.45) is 5.73 Å². The van der Waals surface area contributed by atoms with Crippen LogP contribution in [-0.4, -0.2) is 12.2 Å². The number of halogens is 4. The molecule has 0 unspecified atom stereocenters. The Bertz CT molecular complexity index is 1030. The van der Waals surface area contributed by atoms with Gasteiger partial charge in [0.05, 0.1) is 9.58 Å². The first-order valence-electron chi connectivity index (χ1n) is 7.09. The largest absolute Gasteiger partial charge is 0.483 e. The van der Waals surface area contributed by atoms with Crippen LogP contribution in [0.15, 0.2) is 28.7 Å². The number of hydrogen-bond donors (Lipinski definition) is 1. The van der Waals surface area contributed by atoms with E-state index in [1.807, 2.05) is 0 Å². The average Bonchev–Trinajstić information content (AvgIpc) is 2.97. The third-order valence-corrected chi connectivity index (χ3v) is 5.45. The molecule has 134 valence electrons. The molecule has 0 radical (unpaired) electrons. The van der Waals surface area contributed by atoms with Crippen LogP contribution in [0.25, 0.3) is 10.1 Å². The van der Waals surface area contributed by atoms with E-state index >= 15 is 0 Å². The highest BCUT2D eigenvalue weighted by atomic mass is 79.9. The molecule has 2 aromatic carbocycles. The van der Waals surface area contributed by atoms with E-state index in [1.54, 1.807) is 0 Å². The lowest BCUT2D eigenvalue weighted by Gasteiger charge is -2.10. The average molecular weight is 444 g/mol. The number of aldehydes is 1. The van der Waals surface area contributed by atoms with Gasteiger partial charge in [0.25, 0.3) is 0 Å². The van der Waals surface area contributed by atoms with Crippen LogP contribution in [0.3, 0.4) is 0 Å². The van der Waals surface area contributed by atoms with Crippen LogP contribution in [0.2, 0.25) is 0 Å². The minimum atomic E-state index is -1.11. The zero-order chi connectivity index (χ0) is 19.0. The van der Waals surface area contributed by atoms with E-state index in [2.05, 4.69) is 15.9 Å². The first-order valence-corrected chi connectivity index (χ1v) is 8.70. The number of nitrogens with two attached hydrogens (primary N) is 1. The summed E-state index contributed by atoms with van der Waals surface area (Å²) in [6, 6.07) is 4.21. The van der Waals surface area contributed by atoms with Crippen molar-refractivity contribution in [3.05, 3.63) is 62.2 Å². The van der Waals surface area contributed by atoms with Crippen molar-refractivity contribution in [3.63, 3.8) is 0 Å². The van der Waals surface area contributed by atoms with Crippen molar-refractivity contribution in [3.8, 4) is 5.75 Å². The number of thiophene rings is 1. The number of carbonyl (C=O) groups is 2. The van der Waals surface area contributed by atoms with E-state index in [4.69, 9.17) is 10.5 Å². The quantitative estimate of drug-likeness (QED) is 0.587. The lowest BCUT2D eigenvalue weighted by atomic mass is 10.1. The third kappa shape index (κ3) is 3.19. The number of carbonyl (C=O) groups excluding carboxylic acids is 2. The summed E-state index contributed by atoms with van der Waals surface area (Å²) in [5.41, 5.74) is 4.95. The Morgan fingerprint density at radius 3 is 2.42 bits per heavy atom. The molecule has 4 nitrogen and oxygen atoms in total. The molecule has 2 N–H and O–H groups in total. The highest BCUT2D eigenvalue weighted by molar-refractivity contribution is 9.10. The van der Waals surface area contributed by atoms with Crippen molar-refractivity contribution in [1.82, 2.24) is 0 Å². The second kappa shape index (κ2) is 7.08. The maximum Gasteiger partial charge on any atom is 0.248 e. The fourth-order valence-corrected chi connectivity index (χ4v) is 4.19. The van der Waals surface area contributed by atoms with Crippen LogP contribution in [0, 0.1) is 17.5 Å². The summed E-state index contributed by atoms with van der Waals surface area (Å²) in [4.78, 5) is 22.5. The molecule has 0 saturated heterocycles. The lowest BCUT2D eigenvalue weighted by molar-refractivity contribution is 0.0998. The summed E-state index contributed by atoms with van der Waals surface area (Å²) in [5.74, 6) is -4.46. The first-order chi connectivity index (χ1) is 12.3. The normalized spacial score (nSPS) is 10.9. The van der Waals surface area contributed by atoms with Gasteiger partial charge in [-0.05, 0) is 24.3 Å². The predicted molar refractivity (Wildman–Crippen MR) is 94.1 cm³/mol. The van der Waals surface area contributed by atoms with Gasteiger partial charge in [-0.25, -0.2) is 13.2 Å². The summed E-state index contributed by atoms with van der Waals surface area (Å²) in [7, 11) is 0. The number of primary amides is 1. The van der Waals surface area contributed by atoms with Crippen LogP contribution in [0.1, 0.15) is 25.6 Å². The molecule has 1 amide bonds. The van der Waals surface area contributed by atoms with Crippen LogP contribution in [0.5, 0.6) is 5.75 Å². The number of fused-ring (bicyclic) bond motifs is 1. The molecule has 3 rings (SSSR count). The molecule has 0 bridgehead atoms. The minimum absolute atomic E-state index is 0.181. The van der Waals surface area contributed by atoms with Crippen LogP contribution < -0.4 is 10.5 Å². The Hall–Kier alpha value is -2.39. The SMILES string of the molecule is NC(=O)c1cc(F)c(OCc2c(C=O)sc3c(F)ccc(Br)c23)c(F)c1. The van der Waals surface area contributed by atoms with Gasteiger partial charge in [-0.3, -0.25) is 9.59 Å². The fraction of sp³-hybridized carbons (Fsp3) is 0.0588. The van der Waals surface area contributed by atoms with Gasteiger partial charge < -0.3 is 10.5 Å². The Labute approximate surface area is 157 Å². The molecule has 3 aromatic rings. The van der Waals surface area contributed by atoms with Gasteiger partial charge in [0.15, 0.2) is 23.7 Å². The van der Waals surface area contributed by atoms with E-state index in [0.29, 0.717) is 21.7 Å². The van der Waals surface area contributed by atoms with Gasteiger partial charge >= 0.3 is 0 Å². The smallest absolute Gasteiger partial charge is 0.248 e. The van der Waals surface area contributed by atoms with Crippen LogP contribution in [0.4, 0.5) is 13.2 Å². The highest BCUT2D eigenvalue weighted by Crippen LogP contribution is 2.38. The summed E-state index contributed by atoms with van der Waals surface area (Å²) in [6.07, 6.45) is 0.526. The molecular formula is C17H9BrF3NO3S. The zero-order valence-corrected chi connectivity index (χ0v) is 15.2. The van der Waals surface area contributed by atoms with Gasteiger partial charge in [-0.15, -0.1) is 11.3 Å². The molecule has 0 aliphatic heterocycles. The Morgan fingerprint density at radius 2 is 1.85 bits per heavy atom. The standard InChI is InChI=1S/C17H9BrF3NO3S/c18-9-1-2-10(19)16-14(9)8(13(5-23)26-16)6-25-15-11(20)3-7(17(22)24)4-12(15)21/h1-5H,6H2,(H2,22,24). The monoisotopic (exact) mass is 443 g/mol. The van der Waals surface area contributed by atoms with Crippen LogP contribution in [-0.2, 0) is 6.61 Å². The van der Waals surface area contributed by atoms with E-state index < -0.39 is 29.1 Å². The first kappa shape index (κ1) is 18.4. The van der Waals surface area contributed by atoms with E-state index in [-0.39, 0.29) is 21.7 Å². The van der Waals surface area contributed by atoms with Gasteiger partial charge in [0, 0.05) is 21.0 Å². The van der Waals surface area contributed by atoms with Crippen molar-refractivity contribution < 1.29 is 27.5 Å². The van der Waals surface area contributed by atoms with E-state index in [9.17, 15) is 22.8 Å². The third-order valence-electron chi connectivity index (χ3n) is 3.62. The molecule has 0 fully saturated rings. The Morgan fingerprint density at radius 1 is 1.19 bits per heavy atom. The predicted octanol–water partition coefficient (Wildman–Crippen LogP) is 4.57. The molecule has 0 atom stereocenters. The fourth-order valence-electron chi connectivity index (χ4n) is 2.43. The molecule has 0 aliphatic rings.